The topological polar surface area (TPSA) is 271 Å². The van der Waals surface area contributed by atoms with Crippen LogP contribution < -0.4 is 22.9 Å². The van der Waals surface area contributed by atoms with Gasteiger partial charge in [-0.05, 0) is 36.4 Å². The molecule has 4 aromatic rings. The second kappa shape index (κ2) is 16.6. The highest BCUT2D eigenvalue weighted by molar-refractivity contribution is 9.10. The molecule has 16 nitrogen and oxygen atoms in total. The second-order valence-electron chi connectivity index (χ2n) is 12.1. The van der Waals surface area contributed by atoms with Crippen LogP contribution in [0, 0.1) is 35.8 Å². The van der Waals surface area contributed by atoms with Crippen LogP contribution in [0.5, 0.6) is 0 Å². The van der Waals surface area contributed by atoms with Gasteiger partial charge in [0.25, 0.3) is 23.6 Å². The number of aliphatic hydroxyl groups is 2. The van der Waals surface area contributed by atoms with Crippen LogP contribution >= 0.6 is 15.9 Å². The molecule has 0 aliphatic carbocycles. The first-order chi connectivity index (χ1) is 25.8. The number of nitrogens with two attached hydrogens (primary N) is 4. The molecule has 2 aromatic heterocycles. The Morgan fingerprint density at radius 3 is 1.69 bits per heavy atom. The van der Waals surface area contributed by atoms with Crippen molar-refractivity contribution in [3.63, 3.8) is 0 Å². The number of anilines is 2. The average molecular weight is 820 g/mol. The van der Waals surface area contributed by atoms with Gasteiger partial charge in [0.2, 0.25) is 11.2 Å². The number of likely N-dealkylation sites (tertiary alicyclic amines) is 2. The maximum Gasteiger partial charge on any atom is 0.269 e. The summed E-state index contributed by atoms with van der Waals surface area (Å²) in [6, 6.07) is 8.21. The van der Waals surface area contributed by atoms with E-state index in [9.17, 15) is 38.2 Å². The van der Waals surface area contributed by atoms with Crippen LogP contribution in [0.2, 0.25) is 0 Å². The van der Waals surface area contributed by atoms with E-state index in [0.29, 0.717) is 29.5 Å². The Morgan fingerprint density at radius 2 is 1.27 bits per heavy atom. The van der Waals surface area contributed by atoms with Crippen molar-refractivity contribution in [3.05, 3.63) is 81.9 Å². The van der Waals surface area contributed by atoms with Crippen molar-refractivity contribution in [2.24, 2.45) is 11.5 Å². The lowest BCUT2D eigenvalue weighted by molar-refractivity contribution is -0.138. The van der Waals surface area contributed by atoms with Crippen molar-refractivity contribution in [1.82, 2.24) is 29.7 Å². The highest BCUT2D eigenvalue weighted by atomic mass is 79.9. The van der Waals surface area contributed by atoms with Crippen molar-refractivity contribution in [3.8, 4) is 47.0 Å². The third-order valence-corrected chi connectivity index (χ3v) is 8.64. The number of aromatic nitrogens is 4. The quantitative estimate of drug-likeness (QED) is 0.157. The molecule has 2 aliphatic heterocycles. The molecule has 284 valence electrons. The molecule has 2 aliphatic rings. The molecule has 0 unspecified atom stereocenters. The number of amides is 4. The SMILES string of the molecule is C#C[C@]1(O)CCN(C)C1=O.CN1CC[C@@](O)(C#Cc2ccc(F)c(-c3ncc(N)c(C(N)=O)n3)c2)C1=O.NC(=O)c1nc(-c2cc(Br)ccc2F)ncc1N. The summed E-state index contributed by atoms with van der Waals surface area (Å²) in [6.45, 7) is 0.938. The smallest absolute Gasteiger partial charge is 0.269 e. The first-order valence-corrected chi connectivity index (χ1v) is 16.7. The number of benzene rings is 2. The number of carbonyl (C=O) groups is 4. The molecule has 0 radical (unpaired) electrons. The normalized spacial score (nSPS) is 18.6. The molecular formula is C36H33BrF2N10O6. The molecule has 6 rings (SSSR count). The molecule has 55 heavy (non-hydrogen) atoms. The zero-order valence-electron chi connectivity index (χ0n) is 29.2. The molecule has 4 heterocycles. The van der Waals surface area contributed by atoms with Gasteiger partial charge in [0.15, 0.2) is 23.0 Å². The van der Waals surface area contributed by atoms with E-state index in [2.05, 4.69) is 53.6 Å². The summed E-state index contributed by atoms with van der Waals surface area (Å²) >= 11 is 3.22. The first kappa shape index (κ1) is 41.2. The van der Waals surface area contributed by atoms with Crippen LogP contribution in [-0.4, -0.2) is 102 Å². The van der Waals surface area contributed by atoms with Gasteiger partial charge in [-0.25, -0.2) is 28.7 Å². The van der Waals surface area contributed by atoms with E-state index in [0.717, 1.165) is 12.3 Å². The van der Waals surface area contributed by atoms with E-state index in [4.69, 9.17) is 29.4 Å². The Hall–Kier alpha value is -6.54. The minimum Gasteiger partial charge on any atom is -0.396 e. The highest BCUT2D eigenvalue weighted by Crippen LogP contribution is 2.26. The minimum atomic E-state index is -1.76. The van der Waals surface area contributed by atoms with Crippen molar-refractivity contribution >= 4 is 50.9 Å². The third-order valence-electron chi connectivity index (χ3n) is 8.15. The lowest BCUT2D eigenvalue weighted by Crippen LogP contribution is -2.37. The monoisotopic (exact) mass is 818 g/mol. The molecular weight excluding hydrogens is 786 g/mol. The molecule has 0 saturated carbocycles. The number of halogens is 3. The number of nitrogen functional groups attached to an aromatic ring is 2. The van der Waals surface area contributed by atoms with E-state index in [1.54, 1.807) is 20.2 Å². The number of nitrogens with zero attached hydrogens (tertiary/aromatic N) is 6. The van der Waals surface area contributed by atoms with Gasteiger partial charge in [0, 0.05) is 50.1 Å². The predicted molar refractivity (Wildman–Crippen MR) is 199 cm³/mol. The van der Waals surface area contributed by atoms with Gasteiger partial charge in [-0.1, -0.05) is 33.7 Å². The number of primary amides is 2. The Kier molecular flexibility index (Phi) is 12.5. The molecule has 0 spiro atoms. The molecule has 19 heteroatoms. The van der Waals surface area contributed by atoms with Crippen molar-refractivity contribution < 1.29 is 38.2 Å². The largest absolute Gasteiger partial charge is 0.396 e. The Labute approximate surface area is 321 Å². The third kappa shape index (κ3) is 9.34. The highest BCUT2D eigenvalue weighted by Gasteiger charge is 2.43. The number of hydrogen-bond donors (Lipinski definition) is 6. The van der Waals surface area contributed by atoms with Gasteiger partial charge in [-0.15, -0.1) is 6.42 Å². The predicted octanol–water partition coefficient (Wildman–Crippen LogP) is 0.848. The number of carbonyl (C=O) groups excluding carboxylic acids is 4. The van der Waals surface area contributed by atoms with Gasteiger partial charge < -0.3 is 42.9 Å². The maximum atomic E-state index is 14.2. The fraction of sp³-hybridized carbons (Fsp3) is 0.222. The van der Waals surface area contributed by atoms with Gasteiger partial charge >= 0.3 is 0 Å². The fourth-order valence-corrected chi connectivity index (χ4v) is 5.37. The van der Waals surface area contributed by atoms with E-state index in [1.807, 2.05) is 0 Å². The second-order valence-corrected chi connectivity index (χ2v) is 13.0. The van der Waals surface area contributed by atoms with Gasteiger partial charge in [0.05, 0.1) is 34.9 Å². The van der Waals surface area contributed by atoms with Crippen LogP contribution in [-0.2, 0) is 9.59 Å². The lowest BCUT2D eigenvalue weighted by Gasteiger charge is -2.13. The van der Waals surface area contributed by atoms with Crippen LogP contribution in [0.3, 0.4) is 0 Å². The van der Waals surface area contributed by atoms with Crippen LogP contribution in [0.25, 0.3) is 22.8 Å². The molecule has 10 N–H and O–H groups in total. The van der Waals surface area contributed by atoms with Crippen LogP contribution in [0.1, 0.15) is 39.4 Å². The zero-order chi connectivity index (χ0) is 40.8. The van der Waals surface area contributed by atoms with Gasteiger partial charge in [0.1, 0.15) is 11.6 Å². The molecule has 2 aromatic carbocycles. The number of likely N-dealkylation sites (N-methyl/N-ethyl adjacent to an activating group) is 2. The molecule has 2 fully saturated rings. The number of terminal acetylenes is 1. The van der Waals surface area contributed by atoms with E-state index < -0.39 is 40.6 Å². The van der Waals surface area contributed by atoms with Gasteiger partial charge in [-0.2, -0.15) is 0 Å². The molecule has 4 amide bonds. The molecule has 0 bridgehead atoms. The molecule has 2 atom stereocenters. The van der Waals surface area contributed by atoms with E-state index in [1.165, 1.54) is 40.3 Å². The van der Waals surface area contributed by atoms with E-state index >= 15 is 0 Å². The van der Waals surface area contributed by atoms with Crippen molar-refractivity contribution in [2.45, 2.75) is 24.0 Å². The Morgan fingerprint density at radius 1 is 0.818 bits per heavy atom. The zero-order valence-corrected chi connectivity index (χ0v) is 30.8. The first-order valence-electron chi connectivity index (χ1n) is 15.9. The lowest BCUT2D eigenvalue weighted by atomic mass is 10.0. The summed E-state index contributed by atoms with van der Waals surface area (Å²) < 4.78 is 28.5. The van der Waals surface area contributed by atoms with E-state index in [-0.39, 0.29) is 57.9 Å². The summed E-state index contributed by atoms with van der Waals surface area (Å²) in [5, 5.41) is 19.6. The maximum absolute atomic E-state index is 14.2. The summed E-state index contributed by atoms with van der Waals surface area (Å²) in [5.41, 5.74) is 18.3. The Balaban J connectivity index is 0.000000205. The fourth-order valence-electron chi connectivity index (χ4n) is 5.01. The summed E-state index contributed by atoms with van der Waals surface area (Å²) in [4.78, 5) is 63.8. The van der Waals surface area contributed by atoms with Crippen molar-refractivity contribution in [2.75, 3.05) is 38.7 Å². The number of rotatable bonds is 4. The molecule has 2 saturated heterocycles. The minimum absolute atomic E-state index is 0.0197. The van der Waals surface area contributed by atoms with Crippen LogP contribution in [0.15, 0.2) is 53.3 Å². The summed E-state index contributed by atoms with van der Waals surface area (Å²) in [5.74, 6) is 3.64. The van der Waals surface area contributed by atoms with Crippen molar-refractivity contribution in [1.29, 1.82) is 0 Å². The average Bonchev–Trinajstić information content (AvgIpc) is 3.57. The number of hydrogen-bond acceptors (Lipinski definition) is 12. The Bertz CT molecular complexity index is 2310. The standard InChI is InChI=1S/C18H16FN5O3.C11H8BrFN4O.C7H9NO2/c1-24-7-6-18(27,17(24)26)5-4-10-2-3-12(19)11(8-10)16-22-9-13(20)14(23-16)15(21)25;12-5-1-2-7(13)6(3-5)11-16-4-8(14)9(17-11)10(15)18;1-3-7(10)4-5-8(2)6(7)9/h2-3,8-9,27H,6-7,20H2,1H3,(H2,21,25);1-4H,14H2,(H2,15,18);1,10H,4-5H2,2H3/t18-;;7-/m0.0/s1. The van der Waals surface area contributed by atoms with Gasteiger partial charge in [-0.3, -0.25) is 19.2 Å². The van der Waals surface area contributed by atoms with Crippen LogP contribution in [0.4, 0.5) is 20.2 Å². The summed E-state index contributed by atoms with van der Waals surface area (Å²) in [6.07, 6.45) is 7.89. The summed E-state index contributed by atoms with van der Waals surface area (Å²) in [7, 11) is 3.20.